The minimum atomic E-state index is -0.780. The Labute approximate surface area is 196 Å². The summed E-state index contributed by atoms with van der Waals surface area (Å²) in [5.74, 6) is -1.36. The molecule has 2 aromatic rings. The first-order chi connectivity index (χ1) is 16.2. The molecule has 1 N–H and O–H groups in total. The standard InChI is InChI=1S/C23H26N4O7/c1-4-34-23(30)17-11-16(12-18(13-17)27(31)32)21(28)24-19-14-15(5-6-20(19)33-3)22(29)26-9-7-25(2)8-10-26/h5-6,11-14H,4,7-10H2,1-3H3,(H,24,28). The lowest BCUT2D eigenvalue weighted by Crippen LogP contribution is -2.47. The van der Waals surface area contributed by atoms with Crippen molar-refractivity contribution in [2.24, 2.45) is 0 Å². The largest absolute Gasteiger partial charge is 0.495 e. The number of hydrogen-bond acceptors (Lipinski definition) is 8. The summed E-state index contributed by atoms with van der Waals surface area (Å²) in [5, 5.41) is 13.9. The number of carbonyl (C=O) groups is 3. The molecule has 1 fully saturated rings. The van der Waals surface area contributed by atoms with E-state index < -0.39 is 22.5 Å². The van der Waals surface area contributed by atoms with E-state index >= 15 is 0 Å². The molecular formula is C23H26N4O7. The lowest BCUT2D eigenvalue weighted by atomic mass is 10.1. The van der Waals surface area contributed by atoms with Crippen molar-refractivity contribution >= 4 is 29.2 Å². The second kappa shape index (κ2) is 10.8. The fourth-order valence-corrected chi connectivity index (χ4v) is 3.51. The van der Waals surface area contributed by atoms with Gasteiger partial charge in [-0.25, -0.2) is 4.79 Å². The molecule has 11 heteroatoms. The van der Waals surface area contributed by atoms with Crippen molar-refractivity contribution in [1.29, 1.82) is 0 Å². The van der Waals surface area contributed by atoms with E-state index in [1.165, 1.54) is 19.2 Å². The smallest absolute Gasteiger partial charge is 0.338 e. The third kappa shape index (κ3) is 5.67. The van der Waals surface area contributed by atoms with Crippen molar-refractivity contribution in [2.75, 3.05) is 52.3 Å². The van der Waals surface area contributed by atoms with E-state index in [0.29, 0.717) is 24.4 Å². The van der Waals surface area contributed by atoms with Crippen LogP contribution in [0.3, 0.4) is 0 Å². The normalized spacial score (nSPS) is 13.8. The highest BCUT2D eigenvalue weighted by atomic mass is 16.6. The Balaban J connectivity index is 1.89. The van der Waals surface area contributed by atoms with Gasteiger partial charge in [-0.1, -0.05) is 0 Å². The first kappa shape index (κ1) is 24.6. The fraction of sp³-hybridized carbons (Fsp3) is 0.348. The third-order valence-electron chi connectivity index (χ3n) is 5.39. The lowest BCUT2D eigenvalue weighted by Gasteiger charge is -2.32. The molecule has 2 aromatic carbocycles. The first-order valence-corrected chi connectivity index (χ1v) is 10.7. The van der Waals surface area contributed by atoms with Gasteiger partial charge < -0.3 is 24.6 Å². The fourth-order valence-electron chi connectivity index (χ4n) is 3.51. The van der Waals surface area contributed by atoms with Gasteiger partial charge in [-0.15, -0.1) is 0 Å². The summed E-state index contributed by atoms with van der Waals surface area (Å²) >= 11 is 0. The third-order valence-corrected chi connectivity index (χ3v) is 5.39. The zero-order chi connectivity index (χ0) is 24.8. The number of piperazine rings is 1. The molecule has 2 amide bonds. The predicted octanol–water partition coefficient (Wildman–Crippen LogP) is 2.42. The van der Waals surface area contributed by atoms with Gasteiger partial charge in [0.1, 0.15) is 5.75 Å². The number of nitrogens with zero attached hydrogens (tertiary/aromatic N) is 3. The maximum absolute atomic E-state index is 13.0. The number of non-ortho nitro benzene ring substituents is 1. The summed E-state index contributed by atoms with van der Waals surface area (Å²) in [4.78, 5) is 52.5. The molecule has 0 spiro atoms. The van der Waals surface area contributed by atoms with E-state index in [0.717, 1.165) is 25.2 Å². The monoisotopic (exact) mass is 470 g/mol. The molecular weight excluding hydrogens is 444 g/mol. The first-order valence-electron chi connectivity index (χ1n) is 10.7. The van der Waals surface area contributed by atoms with Crippen LogP contribution in [0.5, 0.6) is 5.75 Å². The lowest BCUT2D eigenvalue weighted by molar-refractivity contribution is -0.384. The molecule has 0 radical (unpaired) electrons. The van der Waals surface area contributed by atoms with Gasteiger partial charge in [0.2, 0.25) is 0 Å². The van der Waals surface area contributed by atoms with Gasteiger partial charge >= 0.3 is 5.97 Å². The molecule has 0 unspecified atom stereocenters. The number of carbonyl (C=O) groups excluding carboxylic acids is 3. The Kier molecular flexibility index (Phi) is 7.79. The molecule has 1 aliphatic heterocycles. The highest BCUT2D eigenvalue weighted by molar-refractivity contribution is 6.07. The zero-order valence-corrected chi connectivity index (χ0v) is 19.2. The number of nitro benzene ring substituents is 1. The predicted molar refractivity (Wildman–Crippen MR) is 123 cm³/mol. The minimum absolute atomic E-state index is 0.0778. The summed E-state index contributed by atoms with van der Waals surface area (Å²) in [6, 6.07) is 8.00. The molecule has 0 aromatic heterocycles. The molecule has 0 aliphatic carbocycles. The summed E-state index contributed by atoms with van der Waals surface area (Å²) < 4.78 is 10.2. The van der Waals surface area contributed by atoms with E-state index in [1.54, 1.807) is 24.0 Å². The summed E-state index contributed by atoms with van der Waals surface area (Å²) in [6.07, 6.45) is 0. The number of amides is 2. The molecule has 0 saturated carbocycles. The van der Waals surface area contributed by atoms with Gasteiger partial charge in [-0.2, -0.15) is 0 Å². The molecule has 1 heterocycles. The van der Waals surface area contributed by atoms with E-state index in [2.05, 4.69) is 10.2 Å². The van der Waals surface area contributed by atoms with Gasteiger partial charge in [-0.05, 0) is 38.2 Å². The van der Waals surface area contributed by atoms with Crippen molar-refractivity contribution in [3.05, 3.63) is 63.2 Å². The van der Waals surface area contributed by atoms with Gasteiger partial charge in [0, 0.05) is 49.4 Å². The Hall–Kier alpha value is -3.99. The van der Waals surface area contributed by atoms with Crippen molar-refractivity contribution in [3.63, 3.8) is 0 Å². The van der Waals surface area contributed by atoms with Gasteiger partial charge in [-0.3, -0.25) is 19.7 Å². The SMILES string of the molecule is CCOC(=O)c1cc(C(=O)Nc2cc(C(=O)N3CCN(C)CC3)ccc2OC)cc([N+](=O)[O-])c1. The van der Waals surface area contributed by atoms with Gasteiger partial charge in [0.05, 0.1) is 29.9 Å². The molecule has 0 atom stereocenters. The van der Waals surface area contributed by atoms with Crippen molar-refractivity contribution < 1.29 is 28.8 Å². The number of nitrogens with one attached hydrogen (secondary N) is 1. The highest BCUT2D eigenvalue weighted by Gasteiger charge is 2.23. The van der Waals surface area contributed by atoms with Crippen LogP contribution in [0.4, 0.5) is 11.4 Å². The number of rotatable bonds is 7. The van der Waals surface area contributed by atoms with Crippen LogP contribution in [0.2, 0.25) is 0 Å². The number of likely N-dealkylation sites (N-methyl/N-ethyl adjacent to an activating group) is 1. The number of benzene rings is 2. The number of methoxy groups -OCH3 is 1. The summed E-state index contributed by atoms with van der Waals surface area (Å²) in [6.45, 7) is 4.39. The molecule has 11 nitrogen and oxygen atoms in total. The zero-order valence-electron chi connectivity index (χ0n) is 19.2. The highest BCUT2D eigenvalue weighted by Crippen LogP contribution is 2.28. The van der Waals surface area contributed by atoms with E-state index in [4.69, 9.17) is 9.47 Å². The molecule has 1 aliphatic rings. The van der Waals surface area contributed by atoms with Crippen LogP contribution in [0.25, 0.3) is 0 Å². The van der Waals surface area contributed by atoms with Crippen LogP contribution in [-0.4, -0.2) is 79.5 Å². The maximum Gasteiger partial charge on any atom is 0.338 e. The summed E-state index contributed by atoms with van der Waals surface area (Å²) in [7, 11) is 3.41. The van der Waals surface area contributed by atoms with Crippen molar-refractivity contribution in [1.82, 2.24) is 9.80 Å². The Morgan fingerprint density at radius 3 is 2.32 bits per heavy atom. The van der Waals surface area contributed by atoms with Gasteiger partial charge in [0.25, 0.3) is 17.5 Å². The molecule has 34 heavy (non-hydrogen) atoms. The molecule has 180 valence electrons. The maximum atomic E-state index is 13.0. The van der Waals surface area contributed by atoms with Crippen LogP contribution in [0.1, 0.15) is 38.0 Å². The second-order valence-electron chi connectivity index (χ2n) is 7.71. The number of anilines is 1. The average Bonchev–Trinajstić information content (AvgIpc) is 2.83. The van der Waals surface area contributed by atoms with Crippen LogP contribution in [0.15, 0.2) is 36.4 Å². The average molecular weight is 470 g/mol. The van der Waals surface area contributed by atoms with Crippen LogP contribution >= 0.6 is 0 Å². The van der Waals surface area contributed by atoms with Crippen LogP contribution < -0.4 is 10.1 Å². The quantitative estimate of drug-likeness (QED) is 0.371. The van der Waals surface area contributed by atoms with Crippen LogP contribution in [0, 0.1) is 10.1 Å². The van der Waals surface area contributed by atoms with E-state index in [-0.39, 0.29) is 29.3 Å². The van der Waals surface area contributed by atoms with Crippen LogP contribution in [-0.2, 0) is 4.74 Å². The minimum Gasteiger partial charge on any atom is -0.495 e. The number of hydrogen-bond donors (Lipinski definition) is 1. The Morgan fingerprint density at radius 2 is 1.71 bits per heavy atom. The summed E-state index contributed by atoms with van der Waals surface area (Å²) in [5.41, 5.74) is -0.0764. The number of ether oxygens (including phenoxy) is 2. The van der Waals surface area contributed by atoms with E-state index in [9.17, 15) is 24.5 Å². The Bertz CT molecular complexity index is 1110. The molecule has 0 bridgehead atoms. The molecule has 1 saturated heterocycles. The molecule has 3 rings (SSSR count). The Morgan fingerprint density at radius 1 is 1.03 bits per heavy atom. The van der Waals surface area contributed by atoms with Crippen molar-refractivity contribution in [3.8, 4) is 5.75 Å². The number of nitro groups is 1. The number of esters is 1. The second-order valence-corrected chi connectivity index (χ2v) is 7.71. The van der Waals surface area contributed by atoms with E-state index in [1.807, 2.05) is 7.05 Å². The van der Waals surface area contributed by atoms with Crippen molar-refractivity contribution in [2.45, 2.75) is 6.92 Å². The topological polar surface area (TPSA) is 131 Å². The van der Waals surface area contributed by atoms with Gasteiger partial charge in [0.15, 0.2) is 0 Å².